The lowest BCUT2D eigenvalue weighted by Gasteiger charge is -2.31. The fraction of sp³-hybridized carbons (Fsp3) is 0.533. The van der Waals surface area contributed by atoms with E-state index in [2.05, 4.69) is 36.6 Å². The molecule has 1 saturated heterocycles. The molecular weight excluding hydrogens is 224 g/mol. The van der Waals surface area contributed by atoms with Crippen LogP contribution in [0.15, 0.2) is 30.3 Å². The number of carbonyl (C=O) groups is 1. The van der Waals surface area contributed by atoms with Crippen molar-refractivity contribution in [3.63, 3.8) is 0 Å². The molecule has 0 radical (unpaired) electrons. The summed E-state index contributed by atoms with van der Waals surface area (Å²) in [5.41, 5.74) is 1.12. The highest BCUT2D eigenvalue weighted by Crippen LogP contribution is 2.27. The van der Waals surface area contributed by atoms with Crippen LogP contribution < -0.4 is 10.6 Å². The SMILES string of the molecule is CCC(C)C(C(=O)NC1CNC1)c1ccccc1. The van der Waals surface area contributed by atoms with Gasteiger partial charge in [-0.2, -0.15) is 0 Å². The Hall–Kier alpha value is -1.35. The van der Waals surface area contributed by atoms with E-state index in [-0.39, 0.29) is 11.8 Å². The van der Waals surface area contributed by atoms with E-state index in [0.29, 0.717) is 12.0 Å². The Balaban J connectivity index is 2.11. The minimum absolute atomic E-state index is 0.0307. The summed E-state index contributed by atoms with van der Waals surface area (Å²) in [5.74, 6) is 0.499. The van der Waals surface area contributed by atoms with Gasteiger partial charge in [-0.25, -0.2) is 0 Å². The van der Waals surface area contributed by atoms with Gasteiger partial charge in [0.05, 0.1) is 12.0 Å². The Labute approximate surface area is 109 Å². The molecule has 1 aromatic carbocycles. The number of nitrogens with one attached hydrogen (secondary N) is 2. The van der Waals surface area contributed by atoms with Gasteiger partial charge in [0.25, 0.3) is 0 Å². The lowest BCUT2D eigenvalue weighted by molar-refractivity contribution is -0.124. The summed E-state index contributed by atoms with van der Waals surface area (Å²) in [4.78, 5) is 12.4. The molecule has 2 rings (SSSR count). The number of hydrogen-bond acceptors (Lipinski definition) is 2. The molecule has 1 aliphatic heterocycles. The Morgan fingerprint density at radius 3 is 2.56 bits per heavy atom. The van der Waals surface area contributed by atoms with Crippen molar-refractivity contribution in [1.82, 2.24) is 10.6 Å². The van der Waals surface area contributed by atoms with Crippen molar-refractivity contribution in [3.8, 4) is 0 Å². The number of hydrogen-bond donors (Lipinski definition) is 2. The average molecular weight is 246 g/mol. The average Bonchev–Trinajstić information content (AvgIpc) is 2.35. The van der Waals surface area contributed by atoms with Crippen LogP contribution in [0.25, 0.3) is 0 Å². The van der Waals surface area contributed by atoms with E-state index in [0.717, 1.165) is 25.1 Å². The molecule has 1 heterocycles. The maximum atomic E-state index is 12.4. The molecule has 2 unspecified atom stereocenters. The molecule has 18 heavy (non-hydrogen) atoms. The standard InChI is InChI=1S/C15H22N2O/c1-3-11(2)14(12-7-5-4-6-8-12)15(18)17-13-9-16-10-13/h4-8,11,13-14,16H,3,9-10H2,1-2H3,(H,17,18). The van der Waals surface area contributed by atoms with E-state index in [9.17, 15) is 4.79 Å². The van der Waals surface area contributed by atoms with Crippen LogP contribution in [0.2, 0.25) is 0 Å². The Morgan fingerprint density at radius 2 is 2.06 bits per heavy atom. The second-order valence-corrected chi connectivity index (χ2v) is 5.14. The van der Waals surface area contributed by atoms with Gasteiger partial charge in [0, 0.05) is 13.1 Å². The number of benzene rings is 1. The van der Waals surface area contributed by atoms with Crippen LogP contribution in [0.3, 0.4) is 0 Å². The first kappa shape index (κ1) is 13.1. The van der Waals surface area contributed by atoms with Gasteiger partial charge in [-0.3, -0.25) is 4.79 Å². The first-order valence-corrected chi connectivity index (χ1v) is 6.78. The molecule has 0 bridgehead atoms. The van der Waals surface area contributed by atoms with Crippen molar-refractivity contribution in [2.24, 2.45) is 5.92 Å². The summed E-state index contributed by atoms with van der Waals surface area (Å²) < 4.78 is 0. The van der Waals surface area contributed by atoms with Crippen LogP contribution >= 0.6 is 0 Å². The molecule has 0 spiro atoms. The minimum Gasteiger partial charge on any atom is -0.350 e. The van der Waals surface area contributed by atoms with Crippen molar-refractivity contribution in [3.05, 3.63) is 35.9 Å². The third-order valence-corrected chi connectivity index (χ3v) is 3.78. The van der Waals surface area contributed by atoms with E-state index >= 15 is 0 Å². The molecule has 1 aromatic rings. The van der Waals surface area contributed by atoms with Crippen LogP contribution in [0.4, 0.5) is 0 Å². The van der Waals surface area contributed by atoms with Crippen molar-refractivity contribution in [2.75, 3.05) is 13.1 Å². The molecule has 0 aromatic heterocycles. The van der Waals surface area contributed by atoms with Crippen molar-refractivity contribution in [1.29, 1.82) is 0 Å². The first-order valence-electron chi connectivity index (χ1n) is 6.78. The van der Waals surface area contributed by atoms with Gasteiger partial charge < -0.3 is 10.6 Å². The Morgan fingerprint density at radius 1 is 1.39 bits per heavy atom. The molecule has 98 valence electrons. The van der Waals surface area contributed by atoms with Crippen molar-refractivity contribution in [2.45, 2.75) is 32.2 Å². The highest BCUT2D eigenvalue weighted by atomic mass is 16.2. The molecule has 0 aliphatic carbocycles. The minimum atomic E-state index is -0.0307. The zero-order valence-corrected chi connectivity index (χ0v) is 11.1. The van der Waals surface area contributed by atoms with Crippen LogP contribution in [0, 0.1) is 5.92 Å². The van der Waals surface area contributed by atoms with E-state index in [1.54, 1.807) is 0 Å². The molecule has 3 nitrogen and oxygen atoms in total. The fourth-order valence-electron chi connectivity index (χ4n) is 2.32. The second kappa shape index (κ2) is 6.01. The summed E-state index contributed by atoms with van der Waals surface area (Å²) in [6, 6.07) is 10.4. The zero-order chi connectivity index (χ0) is 13.0. The quantitative estimate of drug-likeness (QED) is 0.833. The van der Waals surface area contributed by atoms with Crippen molar-refractivity contribution >= 4 is 5.91 Å². The number of amides is 1. The smallest absolute Gasteiger partial charge is 0.228 e. The molecule has 1 amide bonds. The van der Waals surface area contributed by atoms with E-state index in [1.165, 1.54) is 0 Å². The number of rotatable bonds is 5. The van der Waals surface area contributed by atoms with Crippen molar-refractivity contribution < 1.29 is 4.79 Å². The second-order valence-electron chi connectivity index (χ2n) is 5.14. The first-order chi connectivity index (χ1) is 8.72. The van der Waals surface area contributed by atoms with E-state index in [1.807, 2.05) is 18.2 Å². The van der Waals surface area contributed by atoms with Gasteiger partial charge >= 0.3 is 0 Å². The monoisotopic (exact) mass is 246 g/mol. The predicted octanol–water partition coefficient (Wildman–Crippen LogP) is 1.90. The molecule has 1 aliphatic rings. The van der Waals surface area contributed by atoms with Crippen LogP contribution in [0.1, 0.15) is 31.7 Å². The Bertz CT molecular complexity index is 387. The summed E-state index contributed by atoms with van der Waals surface area (Å²) in [6.07, 6.45) is 1.01. The summed E-state index contributed by atoms with van der Waals surface area (Å²) in [5, 5.41) is 6.30. The lowest BCUT2D eigenvalue weighted by Crippen LogP contribution is -2.58. The summed E-state index contributed by atoms with van der Waals surface area (Å²) in [7, 11) is 0. The maximum Gasteiger partial charge on any atom is 0.228 e. The van der Waals surface area contributed by atoms with Gasteiger partial charge in [-0.1, -0.05) is 50.6 Å². The normalized spacial score (nSPS) is 18.8. The van der Waals surface area contributed by atoms with Crippen LogP contribution in [-0.2, 0) is 4.79 Å². The van der Waals surface area contributed by atoms with Gasteiger partial charge in [-0.05, 0) is 11.5 Å². The summed E-state index contributed by atoms with van der Waals surface area (Å²) in [6.45, 7) is 6.08. The lowest BCUT2D eigenvalue weighted by atomic mass is 9.84. The highest BCUT2D eigenvalue weighted by molar-refractivity contribution is 5.84. The third-order valence-electron chi connectivity index (χ3n) is 3.78. The molecule has 3 heteroatoms. The molecule has 0 saturated carbocycles. The van der Waals surface area contributed by atoms with Gasteiger partial charge in [-0.15, -0.1) is 0 Å². The topological polar surface area (TPSA) is 41.1 Å². The van der Waals surface area contributed by atoms with Gasteiger partial charge in [0.1, 0.15) is 0 Å². The maximum absolute atomic E-state index is 12.4. The molecular formula is C15H22N2O. The highest BCUT2D eigenvalue weighted by Gasteiger charge is 2.28. The largest absolute Gasteiger partial charge is 0.350 e. The van der Waals surface area contributed by atoms with Gasteiger partial charge in [0.15, 0.2) is 0 Å². The van der Waals surface area contributed by atoms with Crippen LogP contribution in [-0.4, -0.2) is 25.0 Å². The van der Waals surface area contributed by atoms with Gasteiger partial charge in [0.2, 0.25) is 5.91 Å². The summed E-state index contributed by atoms with van der Waals surface area (Å²) >= 11 is 0. The van der Waals surface area contributed by atoms with Crippen LogP contribution in [0.5, 0.6) is 0 Å². The predicted molar refractivity (Wildman–Crippen MR) is 73.4 cm³/mol. The third kappa shape index (κ3) is 2.91. The number of carbonyl (C=O) groups excluding carboxylic acids is 1. The Kier molecular flexibility index (Phi) is 4.37. The molecule has 2 N–H and O–H groups in total. The molecule has 1 fully saturated rings. The molecule has 2 atom stereocenters. The zero-order valence-electron chi connectivity index (χ0n) is 11.1. The van der Waals surface area contributed by atoms with E-state index < -0.39 is 0 Å². The fourth-order valence-corrected chi connectivity index (χ4v) is 2.32. The van der Waals surface area contributed by atoms with E-state index in [4.69, 9.17) is 0 Å².